The number of hydrogen-bond donors (Lipinski definition) is 2. The molecule has 0 spiro atoms. The second-order valence-corrected chi connectivity index (χ2v) is 10.4. The van der Waals surface area contributed by atoms with Crippen molar-refractivity contribution in [2.75, 3.05) is 50.0 Å². The van der Waals surface area contributed by atoms with Gasteiger partial charge in [-0.1, -0.05) is 42.5 Å². The van der Waals surface area contributed by atoms with Gasteiger partial charge in [-0.3, -0.25) is 4.90 Å². The molecule has 1 aliphatic rings. The van der Waals surface area contributed by atoms with Gasteiger partial charge in [0, 0.05) is 53.1 Å². The summed E-state index contributed by atoms with van der Waals surface area (Å²) in [7, 11) is 0. The van der Waals surface area contributed by atoms with Crippen LogP contribution >= 0.6 is 22.7 Å². The highest BCUT2D eigenvalue weighted by Gasteiger charge is 2.18. The molecule has 0 saturated carbocycles. The van der Waals surface area contributed by atoms with Crippen molar-refractivity contribution in [3.8, 4) is 10.4 Å². The van der Waals surface area contributed by atoms with Crippen LogP contribution < -0.4 is 10.6 Å². The van der Waals surface area contributed by atoms with Crippen LogP contribution in [-0.4, -0.2) is 54.3 Å². The minimum atomic E-state index is 0.745. The van der Waals surface area contributed by atoms with E-state index in [0.717, 1.165) is 73.5 Å². The number of hydrogen-bond acceptors (Lipinski definition) is 8. The van der Waals surface area contributed by atoms with Crippen LogP contribution in [0.3, 0.4) is 0 Å². The third-order valence-corrected chi connectivity index (χ3v) is 8.03. The average Bonchev–Trinajstić information content (AvgIpc) is 3.57. The molecule has 0 amide bonds. The van der Waals surface area contributed by atoms with Gasteiger partial charge in [0.1, 0.15) is 16.5 Å². The largest absolute Gasteiger partial charge is 0.383 e. The third kappa shape index (κ3) is 4.88. The molecule has 178 valence electrons. The Morgan fingerprint density at radius 3 is 2.63 bits per heavy atom. The Morgan fingerprint density at radius 1 is 0.886 bits per heavy atom. The van der Waals surface area contributed by atoms with Gasteiger partial charge in [-0.25, -0.2) is 9.97 Å². The normalized spacial score (nSPS) is 14.5. The van der Waals surface area contributed by atoms with E-state index in [1.807, 2.05) is 0 Å². The second kappa shape index (κ2) is 10.3. The Bertz CT molecular complexity index is 1420. The number of ether oxygens (including phenoxy) is 1. The van der Waals surface area contributed by atoms with E-state index < -0.39 is 0 Å². The van der Waals surface area contributed by atoms with Crippen molar-refractivity contribution in [1.82, 2.24) is 14.9 Å². The molecule has 0 unspecified atom stereocenters. The molecule has 0 aliphatic carbocycles. The van der Waals surface area contributed by atoms with Gasteiger partial charge in [-0.15, -0.1) is 22.7 Å². The summed E-state index contributed by atoms with van der Waals surface area (Å²) >= 11 is 3.45. The van der Waals surface area contributed by atoms with Crippen molar-refractivity contribution < 1.29 is 4.74 Å². The first-order valence-corrected chi connectivity index (χ1v) is 13.7. The lowest BCUT2D eigenvalue weighted by Gasteiger charge is -2.25. The van der Waals surface area contributed by atoms with Crippen LogP contribution in [0.15, 0.2) is 65.4 Å². The topological polar surface area (TPSA) is 62.3 Å². The Balaban J connectivity index is 1.24. The molecular weight excluding hydrogens is 474 g/mol. The van der Waals surface area contributed by atoms with Gasteiger partial charge >= 0.3 is 0 Å². The maximum atomic E-state index is 5.51. The zero-order valence-corrected chi connectivity index (χ0v) is 21.0. The van der Waals surface area contributed by atoms with Gasteiger partial charge < -0.3 is 15.4 Å². The SMILES string of the molecule is c1csc(-c2csc3nc(CN4CCOCC4)nc(NCCNc4cccc5ccccc45)c23)c1. The Labute approximate surface area is 212 Å². The zero-order valence-electron chi connectivity index (χ0n) is 19.4. The number of thiophene rings is 2. The van der Waals surface area contributed by atoms with Gasteiger partial charge in [0.25, 0.3) is 0 Å². The molecule has 0 radical (unpaired) electrons. The predicted molar refractivity (Wildman–Crippen MR) is 148 cm³/mol. The fraction of sp³-hybridized carbons (Fsp3) is 0.259. The monoisotopic (exact) mass is 501 g/mol. The molecular formula is C27H27N5OS2. The number of benzene rings is 2. The van der Waals surface area contributed by atoms with Gasteiger partial charge in [-0.05, 0) is 22.9 Å². The van der Waals surface area contributed by atoms with E-state index in [4.69, 9.17) is 14.7 Å². The molecule has 3 aromatic heterocycles. The van der Waals surface area contributed by atoms with E-state index in [1.165, 1.54) is 21.2 Å². The van der Waals surface area contributed by atoms with Crippen molar-refractivity contribution >= 4 is 55.2 Å². The molecule has 1 saturated heterocycles. The van der Waals surface area contributed by atoms with E-state index in [9.17, 15) is 0 Å². The average molecular weight is 502 g/mol. The summed E-state index contributed by atoms with van der Waals surface area (Å²) in [5.74, 6) is 1.78. The molecule has 1 fully saturated rings. The van der Waals surface area contributed by atoms with Gasteiger partial charge in [0.15, 0.2) is 0 Å². The lowest BCUT2D eigenvalue weighted by molar-refractivity contribution is 0.0331. The molecule has 2 N–H and O–H groups in total. The number of fused-ring (bicyclic) bond motifs is 2. The summed E-state index contributed by atoms with van der Waals surface area (Å²) in [5.41, 5.74) is 2.36. The van der Waals surface area contributed by atoms with Crippen molar-refractivity contribution in [3.05, 3.63) is 71.2 Å². The lowest BCUT2D eigenvalue weighted by Crippen LogP contribution is -2.36. The molecule has 2 aromatic carbocycles. The Hall–Kier alpha value is -3.04. The van der Waals surface area contributed by atoms with Crippen LogP contribution in [0.4, 0.5) is 11.5 Å². The van der Waals surface area contributed by atoms with Crippen molar-refractivity contribution in [1.29, 1.82) is 0 Å². The highest BCUT2D eigenvalue weighted by molar-refractivity contribution is 7.18. The number of nitrogens with one attached hydrogen (secondary N) is 2. The standard InChI is InChI=1S/C27H27N5OS2/c1-2-7-20-19(5-1)6-3-8-22(20)28-10-11-29-26-25-21(23-9-4-16-34-23)18-35-27(25)31-24(30-26)17-32-12-14-33-15-13-32/h1-9,16,18,28H,10-15,17H2,(H,29,30,31). The van der Waals surface area contributed by atoms with E-state index in [0.29, 0.717) is 0 Å². The van der Waals surface area contributed by atoms with Crippen LogP contribution in [0.1, 0.15) is 5.82 Å². The summed E-state index contributed by atoms with van der Waals surface area (Å²) < 4.78 is 5.51. The molecule has 0 atom stereocenters. The molecule has 5 aromatic rings. The fourth-order valence-corrected chi connectivity index (χ4v) is 6.29. The molecule has 4 heterocycles. The number of nitrogens with zero attached hydrogens (tertiary/aromatic N) is 3. The number of rotatable bonds is 8. The fourth-order valence-electron chi connectivity index (χ4n) is 4.51. The van der Waals surface area contributed by atoms with Gasteiger partial charge in [0.2, 0.25) is 0 Å². The third-order valence-electron chi connectivity index (χ3n) is 6.26. The maximum absolute atomic E-state index is 5.51. The van der Waals surface area contributed by atoms with Gasteiger partial charge in [0.05, 0.1) is 25.1 Å². The summed E-state index contributed by atoms with van der Waals surface area (Å²) in [6.07, 6.45) is 0. The molecule has 35 heavy (non-hydrogen) atoms. The summed E-state index contributed by atoms with van der Waals surface area (Å²) in [6, 6.07) is 19.1. The number of aromatic nitrogens is 2. The second-order valence-electron chi connectivity index (χ2n) is 8.56. The maximum Gasteiger partial charge on any atom is 0.146 e. The molecule has 6 rings (SSSR count). The van der Waals surface area contributed by atoms with Gasteiger partial charge in [-0.2, -0.15) is 0 Å². The number of morpholine rings is 1. The van der Waals surface area contributed by atoms with Crippen LogP contribution in [0, 0.1) is 0 Å². The van der Waals surface area contributed by atoms with E-state index in [2.05, 4.69) is 80.9 Å². The van der Waals surface area contributed by atoms with Crippen LogP contribution in [0.25, 0.3) is 31.4 Å². The van der Waals surface area contributed by atoms with Crippen molar-refractivity contribution in [2.45, 2.75) is 6.54 Å². The quantitative estimate of drug-likeness (QED) is 0.257. The molecule has 8 heteroatoms. The first-order chi connectivity index (χ1) is 17.3. The highest BCUT2D eigenvalue weighted by atomic mass is 32.1. The first kappa shape index (κ1) is 22.4. The summed E-state index contributed by atoms with van der Waals surface area (Å²) in [4.78, 5) is 14.6. The first-order valence-electron chi connectivity index (χ1n) is 11.9. The Morgan fingerprint density at radius 2 is 1.74 bits per heavy atom. The van der Waals surface area contributed by atoms with Crippen molar-refractivity contribution in [2.24, 2.45) is 0 Å². The molecule has 6 nitrogen and oxygen atoms in total. The zero-order chi connectivity index (χ0) is 23.5. The number of anilines is 2. The molecule has 0 bridgehead atoms. The minimum absolute atomic E-state index is 0.745. The van der Waals surface area contributed by atoms with Crippen LogP contribution in [-0.2, 0) is 11.3 Å². The van der Waals surface area contributed by atoms with E-state index in [-0.39, 0.29) is 0 Å². The highest BCUT2D eigenvalue weighted by Crippen LogP contribution is 2.39. The van der Waals surface area contributed by atoms with Crippen LogP contribution in [0.2, 0.25) is 0 Å². The summed E-state index contributed by atoms with van der Waals surface area (Å²) in [5, 5.41) is 15.2. The van der Waals surface area contributed by atoms with E-state index >= 15 is 0 Å². The molecule has 1 aliphatic heterocycles. The lowest BCUT2D eigenvalue weighted by atomic mass is 10.1. The van der Waals surface area contributed by atoms with Crippen molar-refractivity contribution in [3.63, 3.8) is 0 Å². The smallest absolute Gasteiger partial charge is 0.146 e. The minimum Gasteiger partial charge on any atom is -0.383 e. The van der Waals surface area contributed by atoms with E-state index in [1.54, 1.807) is 22.7 Å². The Kier molecular flexibility index (Phi) is 6.60. The predicted octanol–water partition coefficient (Wildman–Crippen LogP) is 5.93. The van der Waals surface area contributed by atoms with Crippen LogP contribution in [0.5, 0.6) is 0 Å². The summed E-state index contributed by atoms with van der Waals surface area (Å²) in [6.45, 7) is 5.68.